The van der Waals surface area contributed by atoms with Crippen molar-refractivity contribution in [2.45, 2.75) is 19.9 Å². The van der Waals surface area contributed by atoms with Gasteiger partial charge in [0.1, 0.15) is 0 Å². The lowest BCUT2D eigenvalue weighted by atomic mass is 10.1. The molecule has 0 saturated heterocycles. The summed E-state index contributed by atoms with van der Waals surface area (Å²) in [4.78, 5) is 22.6. The van der Waals surface area contributed by atoms with E-state index in [2.05, 4.69) is 17.6 Å². The molecule has 0 saturated carbocycles. The topological polar surface area (TPSA) is 84.2 Å². The van der Waals surface area contributed by atoms with E-state index in [0.717, 1.165) is 12.0 Å². The van der Waals surface area contributed by atoms with Crippen LogP contribution in [0, 0.1) is 0 Å². The molecule has 0 aromatic heterocycles. The number of nitrogens with one attached hydrogen (secondary N) is 2. The number of hydrogen-bond acceptors (Lipinski definition) is 3. The number of carbonyl (C=O) groups is 2. The molecule has 2 amide bonds. The molecule has 1 rings (SSSR count). The van der Waals surface area contributed by atoms with Gasteiger partial charge in [0.2, 0.25) is 0 Å². The third-order valence-corrected chi connectivity index (χ3v) is 2.52. The molecule has 4 N–H and O–H groups in total. The summed E-state index contributed by atoms with van der Waals surface area (Å²) in [6.45, 7) is 3.05. The van der Waals surface area contributed by atoms with Gasteiger partial charge in [-0.3, -0.25) is 9.59 Å². The molecule has 0 fully saturated rings. The van der Waals surface area contributed by atoms with E-state index in [1.54, 1.807) is 0 Å². The first-order valence-corrected chi connectivity index (χ1v) is 6.01. The SMILES string of the molecule is CCc1ccc(CNC(=O)C(=O)NCCN)cc1. The van der Waals surface area contributed by atoms with Gasteiger partial charge in [-0.25, -0.2) is 0 Å². The molecule has 0 aliphatic carbocycles. The summed E-state index contributed by atoms with van der Waals surface area (Å²) < 4.78 is 0. The number of hydrogen-bond donors (Lipinski definition) is 3. The number of rotatable bonds is 5. The van der Waals surface area contributed by atoms with Crippen molar-refractivity contribution < 1.29 is 9.59 Å². The molecule has 0 heterocycles. The Labute approximate surface area is 107 Å². The highest BCUT2D eigenvalue weighted by molar-refractivity contribution is 6.35. The molecule has 0 bridgehead atoms. The van der Waals surface area contributed by atoms with Gasteiger partial charge in [-0.05, 0) is 17.5 Å². The van der Waals surface area contributed by atoms with Gasteiger partial charge < -0.3 is 16.4 Å². The van der Waals surface area contributed by atoms with Crippen LogP contribution in [0.5, 0.6) is 0 Å². The van der Waals surface area contributed by atoms with Gasteiger partial charge in [-0.15, -0.1) is 0 Å². The first-order chi connectivity index (χ1) is 8.67. The highest BCUT2D eigenvalue weighted by atomic mass is 16.2. The van der Waals surface area contributed by atoms with Crippen LogP contribution in [-0.2, 0) is 22.6 Å². The van der Waals surface area contributed by atoms with E-state index in [-0.39, 0.29) is 0 Å². The van der Waals surface area contributed by atoms with Crippen molar-refractivity contribution in [3.05, 3.63) is 35.4 Å². The molecule has 0 radical (unpaired) electrons. The van der Waals surface area contributed by atoms with Crippen LogP contribution >= 0.6 is 0 Å². The second-order valence-corrected chi connectivity index (χ2v) is 3.90. The predicted octanol–water partition coefficient (Wildman–Crippen LogP) is -0.0599. The normalized spacial score (nSPS) is 9.89. The highest BCUT2D eigenvalue weighted by Gasteiger charge is 2.11. The number of carbonyl (C=O) groups excluding carboxylic acids is 2. The lowest BCUT2D eigenvalue weighted by Crippen LogP contribution is -2.41. The Bertz CT molecular complexity index is 401. The average molecular weight is 249 g/mol. The van der Waals surface area contributed by atoms with Gasteiger partial charge in [-0.1, -0.05) is 31.2 Å². The van der Waals surface area contributed by atoms with Crippen LogP contribution in [-0.4, -0.2) is 24.9 Å². The number of amides is 2. The van der Waals surface area contributed by atoms with Crippen molar-refractivity contribution >= 4 is 11.8 Å². The quantitative estimate of drug-likeness (QED) is 0.639. The minimum atomic E-state index is -0.648. The van der Waals surface area contributed by atoms with Crippen molar-refractivity contribution in [1.82, 2.24) is 10.6 Å². The predicted molar refractivity (Wildman–Crippen MR) is 69.7 cm³/mol. The summed E-state index contributed by atoms with van der Waals surface area (Å²) in [5.74, 6) is -1.28. The fourth-order valence-corrected chi connectivity index (χ4v) is 1.42. The van der Waals surface area contributed by atoms with Gasteiger partial charge in [0.15, 0.2) is 0 Å². The van der Waals surface area contributed by atoms with Gasteiger partial charge in [0.05, 0.1) is 0 Å². The van der Waals surface area contributed by atoms with Gasteiger partial charge >= 0.3 is 11.8 Å². The molecule has 0 unspecified atom stereocenters. The van der Waals surface area contributed by atoms with E-state index in [1.807, 2.05) is 24.3 Å². The third-order valence-electron chi connectivity index (χ3n) is 2.52. The zero-order valence-corrected chi connectivity index (χ0v) is 10.5. The smallest absolute Gasteiger partial charge is 0.309 e. The van der Waals surface area contributed by atoms with E-state index >= 15 is 0 Å². The molecule has 5 nitrogen and oxygen atoms in total. The van der Waals surface area contributed by atoms with E-state index < -0.39 is 11.8 Å². The Hall–Kier alpha value is -1.88. The number of nitrogens with two attached hydrogens (primary N) is 1. The highest BCUT2D eigenvalue weighted by Crippen LogP contribution is 2.04. The largest absolute Gasteiger partial charge is 0.347 e. The van der Waals surface area contributed by atoms with Crippen molar-refractivity contribution in [3.8, 4) is 0 Å². The van der Waals surface area contributed by atoms with Crippen LogP contribution in [0.2, 0.25) is 0 Å². The summed E-state index contributed by atoms with van der Waals surface area (Å²) in [6, 6.07) is 7.90. The second kappa shape index (κ2) is 7.45. The van der Waals surface area contributed by atoms with Crippen LogP contribution < -0.4 is 16.4 Å². The Morgan fingerprint density at radius 3 is 2.17 bits per heavy atom. The van der Waals surface area contributed by atoms with Gasteiger partial charge in [0.25, 0.3) is 0 Å². The summed E-state index contributed by atoms with van der Waals surface area (Å²) >= 11 is 0. The lowest BCUT2D eigenvalue weighted by molar-refractivity contribution is -0.139. The fourth-order valence-electron chi connectivity index (χ4n) is 1.42. The minimum Gasteiger partial charge on any atom is -0.347 e. The average Bonchev–Trinajstić information content (AvgIpc) is 2.42. The molecule has 18 heavy (non-hydrogen) atoms. The molecule has 1 aromatic carbocycles. The third kappa shape index (κ3) is 4.55. The second-order valence-electron chi connectivity index (χ2n) is 3.90. The van der Waals surface area contributed by atoms with E-state index in [0.29, 0.717) is 19.6 Å². The summed E-state index contributed by atoms with van der Waals surface area (Å²) in [7, 11) is 0. The van der Waals surface area contributed by atoms with Crippen molar-refractivity contribution in [2.24, 2.45) is 5.73 Å². The summed E-state index contributed by atoms with van der Waals surface area (Å²) in [5.41, 5.74) is 7.43. The number of benzene rings is 1. The molecule has 0 aliphatic rings. The van der Waals surface area contributed by atoms with E-state index in [4.69, 9.17) is 5.73 Å². The van der Waals surface area contributed by atoms with Gasteiger partial charge in [-0.2, -0.15) is 0 Å². The van der Waals surface area contributed by atoms with E-state index in [1.165, 1.54) is 5.56 Å². The van der Waals surface area contributed by atoms with Crippen molar-refractivity contribution in [3.63, 3.8) is 0 Å². The molecule has 0 spiro atoms. The maximum atomic E-state index is 11.4. The maximum absolute atomic E-state index is 11.4. The molecule has 98 valence electrons. The summed E-state index contributed by atoms with van der Waals surface area (Å²) in [5, 5.41) is 4.96. The molecule has 0 atom stereocenters. The molecule has 1 aromatic rings. The Morgan fingerprint density at radius 2 is 1.61 bits per heavy atom. The van der Waals surface area contributed by atoms with E-state index in [9.17, 15) is 9.59 Å². The Balaban J connectivity index is 2.39. The standard InChI is InChI=1S/C13H19N3O2/c1-2-10-3-5-11(6-4-10)9-16-13(18)12(17)15-8-7-14/h3-6H,2,7-9,14H2,1H3,(H,15,17)(H,16,18). The first-order valence-electron chi connectivity index (χ1n) is 6.01. The first kappa shape index (κ1) is 14.2. The van der Waals surface area contributed by atoms with Crippen LogP contribution in [0.4, 0.5) is 0 Å². The Morgan fingerprint density at radius 1 is 1.06 bits per heavy atom. The van der Waals surface area contributed by atoms with Crippen LogP contribution in [0.1, 0.15) is 18.1 Å². The number of aryl methyl sites for hydroxylation is 1. The van der Waals surface area contributed by atoms with Gasteiger partial charge in [0, 0.05) is 19.6 Å². The minimum absolute atomic E-state index is 0.303. The Kier molecular flexibility index (Phi) is 5.87. The fraction of sp³-hybridized carbons (Fsp3) is 0.385. The summed E-state index contributed by atoms with van der Waals surface area (Å²) in [6.07, 6.45) is 0.980. The monoisotopic (exact) mass is 249 g/mol. The maximum Gasteiger partial charge on any atom is 0.309 e. The van der Waals surface area contributed by atoms with Crippen LogP contribution in [0.15, 0.2) is 24.3 Å². The van der Waals surface area contributed by atoms with Crippen molar-refractivity contribution in [2.75, 3.05) is 13.1 Å². The zero-order chi connectivity index (χ0) is 13.4. The van der Waals surface area contributed by atoms with Crippen LogP contribution in [0.25, 0.3) is 0 Å². The molecular weight excluding hydrogens is 230 g/mol. The molecule has 5 heteroatoms. The van der Waals surface area contributed by atoms with Crippen LogP contribution in [0.3, 0.4) is 0 Å². The molecule has 0 aliphatic heterocycles. The molecular formula is C13H19N3O2. The van der Waals surface area contributed by atoms with Crippen molar-refractivity contribution in [1.29, 1.82) is 0 Å². The zero-order valence-electron chi connectivity index (χ0n) is 10.5. The lowest BCUT2D eigenvalue weighted by Gasteiger charge is -2.06.